The fourth-order valence-corrected chi connectivity index (χ4v) is 2.07. The molecule has 2 nitrogen and oxygen atoms in total. The Morgan fingerprint density at radius 2 is 1.95 bits per heavy atom. The number of rotatable bonds is 5. The SMILES string of the molecule is CCCC(OC)C(O)c1ccc(C(F)(F)F)cc1C. The van der Waals surface area contributed by atoms with Gasteiger partial charge < -0.3 is 9.84 Å². The molecule has 2 unspecified atom stereocenters. The number of aryl methyl sites for hydroxylation is 1. The van der Waals surface area contributed by atoms with Crippen LogP contribution in [0.15, 0.2) is 18.2 Å². The third-order valence-electron chi connectivity index (χ3n) is 3.14. The van der Waals surface area contributed by atoms with Crippen LogP contribution in [0.25, 0.3) is 0 Å². The van der Waals surface area contributed by atoms with Gasteiger partial charge in [0, 0.05) is 7.11 Å². The van der Waals surface area contributed by atoms with Crippen molar-refractivity contribution in [1.82, 2.24) is 0 Å². The molecule has 0 bridgehead atoms. The van der Waals surface area contributed by atoms with Crippen LogP contribution in [-0.2, 0) is 10.9 Å². The van der Waals surface area contributed by atoms with Crippen molar-refractivity contribution in [3.05, 3.63) is 34.9 Å². The minimum absolute atomic E-state index is 0.402. The van der Waals surface area contributed by atoms with Crippen molar-refractivity contribution in [2.75, 3.05) is 7.11 Å². The lowest BCUT2D eigenvalue weighted by Crippen LogP contribution is -2.21. The van der Waals surface area contributed by atoms with Crippen molar-refractivity contribution >= 4 is 0 Å². The van der Waals surface area contributed by atoms with E-state index in [1.54, 1.807) is 6.92 Å². The van der Waals surface area contributed by atoms with E-state index < -0.39 is 23.9 Å². The Morgan fingerprint density at radius 1 is 1.32 bits per heavy atom. The predicted molar refractivity (Wildman–Crippen MR) is 66.8 cm³/mol. The highest BCUT2D eigenvalue weighted by Gasteiger charge is 2.31. The van der Waals surface area contributed by atoms with E-state index in [-0.39, 0.29) is 0 Å². The van der Waals surface area contributed by atoms with Crippen LogP contribution < -0.4 is 0 Å². The maximum absolute atomic E-state index is 12.6. The Hall–Kier alpha value is -1.07. The number of hydrogen-bond acceptors (Lipinski definition) is 2. The largest absolute Gasteiger partial charge is 0.416 e. The zero-order valence-corrected chi connectivity index (χ0v) is 11.3. The summed E-state index contributed by atoms with van der Waals surface area (Å²) in [6.07, 6.45) is -4.20. The van der Waals surface area contributed by atoms with Gasteiger partial charge in [0.15, 0.2) is 0 Å². The molecule has 0 heterocycles. The van der Waals surface area contributed by atoms with Gasteiger partial charge in [0.25, 0.3) is 0 Å². The van der Waals surface area contributed by atoms with Crippen LogP contribution in [0.2, 0.25) is 0 Å². The number of hydrogen-bond donors (Lipinski definition) is 1. The lowest BCUT2D eigenvalue weighted by molar-refractivity contribution is -0.137. The van der Waals surface area contributed by atoms with Crippen LogP contribution in [0.5, 0.6) is 0 Å². The Morgan fingerprint density at radius 3 is 2.37 bits per heavy atom. The van der Waals surface area contributed by atoms with Gasteiger partial charge in [-0.1, -0.05) is 19.4 Å². The molecule has 5 heteroatoms. The molecule has 0 amide bonds. The second-order valence-corrected chi connectivity index (χ2v) is 4.58. The van der Waals surface area contributed by atoms with E-state index in [9.17, 15) is 18.3 Å². The summed E-state index contributed by atoms with van der Waals surface area (Å²) in [7, 11) is 1.49. The zero-order chi connectivity index (χ0) is 14.6. The smallest absolute Gasteiger partial charge is 0.386 e. The average molecular weight is 276 g/mol. The summed E-state index contributed by atoms with van der Waals surface area (Å²) in [5.74, 6) is 0. The predicted octanol–water partition coefficient (Wildman–Crippen LogP) is 3.86. The van der Waals surface area contributed by atoms with E-state index in [4.69, 9.17) is 4.74 Å². The molecule has 0 saturated heterocycles. The molecule has 1 aromatic carbocycles. The summed E-state index contributed by atoms with van der Waals surface area (Å²) in [5.41, 5.74) is 0.194. The molecule has 2 atom stereocenters. The highest BCUT2D eigenvalue weighted by molar-refractivity contribution is 5.34. The summed E-state index contributed by atoms with van der Waals surface area (Å²) in [6, 6.07) is 3.37. The summed E-state index contributed by atoms with van der Waals surface area (Å²) < 4.78 is 42.9. The standard InChI is InChI=1S/C14H19F3O2/c1-4-5-12(19-3)13(18)11-7-6-10(8-9(11)2)14(15,16)17/h6-8,12-13,18H,4-5H2,1-3H3. The number of halogens is 3. The molecule has 1 rings (SSSR count). The molecule has 19 heavy (non-hydrogen) atoms. The second kappa shape index (κ2) is 6.39. The summed E-state index contributed by atoms with van der Waals surface area (Å²) in [5, 5.41) is 10.2. The lowest BCUT2D eigenvalue weighted by Gasteiger charge is -2.23. The summed E-state index contributed by atoms with van der Waals surface area (Å²) in [4.78, 5) is 0. The number of benzene rings is 1. The number of aliphatic hydroxyl groups excluding tert-OH is 1. The van der Waals surface area contributed by atoms with E-state index in [1.165, 1.54) is 13.2 Å². The minimum Gasteiger partial charge on any atom is -0.386 e. The fraction of sp³-hybridized carbons (Fsp3) is 0.571. The summed E-state index contributed by atoms with van der Waals surface area (Å²) in [6.45, 7) is 3.52. The first kappa shape index (κ1) is 16.0. The van der Waals surface area contributed by atoms with E-state index in [0.29, 0.717) is 17.5 Å². The van der Waals surface area contributed by atoms with Crippen LogP contribution in [-0.4, -0.2) is 18.3 Å². The van der Waals surface area contributed by atoms with Crippen molar-refractivity contribution < 1.29 is 23.0 Å². The molecule has 0 radical (unpaired) electrons. The van der Waals surface area contributed by atoms with Crippen molar-refractivity contribution in [2.45, 2.75) is 45.1 Å². The van der Waals surface area contributed by atoms with Crippen molar-refractivity contribution in [2.24, 2.45) is 0 Å². The normalized spacial score (nSPS) is 15.3. The van der Waals surface area contributed by atoms with Crippen molar-refractivity contribution in [3.63, 3.8) is 0 Å². The van der Waals surface area contributed by atoms with E-state index >= 15 is 0 Å². The molecule has 108 valence electrons. The van der Waals surface area contributed by atoms with Crippen molar-refractivity contribution in [1.29, 1.82) is 0 Å². The maximum atomic E-state index is 12.6. The lowest BCUT2D eigenvalue weighted by atomic mass is 9.95. The molecule has 0 fully saturated rings. The van der Waals surface area contributed by atoms with Crippen LogP contribution in [0, 0.1) is 6.92 Å². The first-order chi connectivity index (χ1) is 8.81. The van der Waals surface area contributed by atoms with Crippen LogP contribution in [0.4, 0.5) is 13.2 Å². The van der Waals surface area contributed by atoms with Gasteiger partial charge in [0.05, 0.1) is 11.7 Å². The van der Waals surface area contributed by atoms with E-state index in [2.05, 4.69) is 0 Å². The maximum Gasteiger partial charge on any atom is 0.416 e. The Kier molecular flexibility index (Phi) is 5.38. The number of methoxy groups -OCH3 is 1. The topological polar surface area (TPSA) is 29.5 Å². The Bertz CT molecular complexity index is 416. The second-order valence-electron chi connectivity index (χ2n) is 4.58. The molecule has 0 aromatic heterocycles. The van der Waals surface area contributed by atoms with Gasteiger partial charge in [-0.15, -0.1) is 0 Å². The van der Waals surface area contributed by atoms with Crippen LogP contribution in [0.3, 0.4) is 0 Å². The highest BCUT2D eigenvalue weighted by Crippen LogP contribution is 2.33. The van der Waals surface area contributed by atoms with Gasteiger partial charge in [-0.2, -0.15) is 13.2 Å². The molecule has 0 aliphatic heterocycles. The molecule has 0 aliphatic rings. The van der Waals surface area contributed by atoms with Gasteiger partial charge in [-0.3, -0.25) is 0 Å². The van der Waals surface area contributed by atoms with Crippen LogP contribution >= 0.6 is 0 Å². The molecule has 0 aliphatic carbocycles. The first-order valence-electron chi connectivity index (χ1n) is 6.19. The third-order valence-corrected chi connectivity index (χ3v) is 3.14. The summed E-state index contributed by atoms with van der Waals surface area (Å²) >= 11 is 0. The molecule has 1 aromatic rings. The number of alkyl halides is 3. The van der Waals surface area contributed by atoms with E-state index in [1.807, 2.05) is 6.92 Å². The van der Waals surface area contributed by atoms with Gasteiger partial charge >= 0.3 is 6.18 Å². The minimum atomic E-state index is -4.36. The highest BCUT2D eigenvalue weighted by atomic mass is 19.4. The van der Waals surface area contributed by atoms with E-state index in [0.717, 1.165) is 18.6 Å². The van der Waals surface area contributed by atoms with Gasteiger partial charge in [0.1, 0.15) is 6.10 Å². The average Bonchev–Trinajstić information content (AvgIpc) is 2.34. The molecule has 1 N–H and O–H groups in total. The Balaban J connectivity index is 3.02. The third kappa shape index (κ3) is 3.94. The monoisotopic (exact) mass is 276 g/mol. The number of ether oxygens (including phenoxy) is 1. The fourth-order valence-electron chi connectivity index (χ4n) is 2.07. The molecule has 0 saturated carbocycles. The van der Waals surface area contributed by atoms with Crippen molar-refractivity contribution in [3.8, 4) is 0 Å². The molecular formula is C14H19F3O2. The first-order valence-corrected chi connectivity index (χ1v) is 6.19. The number of aliphatic hydroxyl groups is 1. The van der Waals surface area contributed by atoms with Crippen LogP contribution in [0.1, 0.15) is 42.6 Å². The molecular weight excluding hydrogens is 257 g/mol. The quantitative estimate of drug-likeness (QED) is 0.884. The molecule has 0 spiro atoms. The van der Waals surface area contributed by atoms with Gasteiger partial charge in [-0.05, 0) is 36.6 Å². The van der Waals surface area contributed by atoms with Gasteiger partial charge in [-0.25, -0.2) is 0 Å². The zero-order valence-electron chi connectivity index (χ0n) is 11.3. The Labute approximate surface area is 111 Å². The van der Waals surface area contributed by atoms with Gasteiger partial charge in [0.2, 0.25) is 0 Å².